The van der Waals surface area contributed by atoms with Gasteiger partial charge in [-0.1, -0.05) is 6.92 Å². The van der Waals surface area contributed by atoms with Crippen molar-refractivity contribution in [1.82, 2.24) is 10.3 Å². The molecule has 2 heterocycles. The molecule has 2 aromatic heterocycles. The van der Waals surface area contributed by atoms with E-state index in [1.54, 1.807) is 6.07 Å². The SMILES string of the molecule is CCc1cc(-c2ccc(N(CCNC(C)=O)S(=O)[O-])s2)c(C)[nH]c1=O. The van der Waals surface area contributed by atoms with Gasteiger partial charge in [-0.05, 0) is 31.5 Å². The molecule has 2 rings (SSSR count). The van der Waals surface area contributed by atoms with Gasteiger partial charge in [-0.15, -0.1) is 11.3 Å². The van der Waals surface area contributed by atoms with Crippen molar-refractivity contribution in [2.45, 2.75) is 27.2 Å². The highest BCUT2D eigenvalue weighted by Crippen LogP contribution is 2.35. The maximum absolute atomic E-state index is 11.9. The van der Waals surface area contributed by atoms with Crippen LogP contribution in [0.5, 0.6) is 0 Å². The zero-order chi connectivity index (χ0) is 18.6. The molecule has 1 amide bonds. The van der Waals surface area contributed by atoms with Crippen LogP contribution in [0.4, 0.5) is 5.00 Å². The van der Waals surface area contributed by atoms with Crippen LogP contribution in [0.2, 0.25) is 0 Å². The second-order valence-corrected chi connectivity index (χ2v) is 7.39. The molecule has 0 aromatic carbocycles. The average molecular weight is 382 g/mol. The summed E-state index contributed by atoms with van der Waals surface area (Å²) >= 11 is -1.12. The van der Waals surface area contributed by atoms with Gasteiger partial charge in [0.1, 0.15) is 5.00 Å². The molecule has 1 atom stereocenters. The number of hydrogen-bond donors (Lipinski definition) is 2. The lowest BCUT2D eigenvalue weighted by atomic mass is 10.1. The van der Waals surface area contributed by atoms with Crippen LogP contribution in [0.15, 0.2) is 23.0 Å². The van der Waals surface area contributed by atoms with Crippen LogP contribution in [0.3, 0.4) is 0 Å². The van der Waals surface area contributed by atoms with Gasteiger partial charge in [-0.2, -0.15) is 0 Å². The zero-order valence-corrected chi connectivity index (χ0v) is 15.9. The number of pyridine rings is 1. The molecular weight excluding hydrogens is 362 g/mol. The number of H-pyrrole nitrogens is 1. The zero-order valence-electron chi connectivity index (χ0n) is 14.3. The first-order valence-corrected chi connectivity index (χ1v) is 9.62. The van der Waals surface area contributed by atoms with Crippen molar-refractivity contribution in [1.29, 1.82) is 0 Å². The number of aromatic amines is 1. The molecule has 1 unspecified atom stereocenters. The van der Waals surface area contributed by atoms with Crippen molar-refractivity contribution >= 4 is 33.5 Å². The standard InChI is InChI=1S/C16H21N3O4S2/c1-4-12-9-13(10(2)18-16(12)21)14-5-6-15(24-14)19(25(22)23)8-7-17-11(3)20/h5-6,9H,4,7-8H2,1-3H3,(H,17,20)(H,18,21)(H,22,23)/p-1. The minimum atomic E-state index is -2.44. The number of aryl methyl sites for hydroxylation is 2. The van der Waals surface area contributed by atoms with Gasteiger partial charge < -0.3 is 14.9 Å². The highest BCUT2D eigenvalue weighted by Gasteiger charge is 2.14. The molecule has 0 aliphatic carbocycles. The van der Waals surface area contributed by atoms with E-state index in [9.17, 15) is 18.4 Å². The molecule has 7 nitrogen and oxygen atoms in total. The van der Waals surface area contributed by atoms with E-state index in [0.717, 1.165) is 16.1 Å². The summed E-state index contributed by atoms with van der Waals surface area (Å²) < 4.78 is 24.2. The van der Waals surface area contributed by atoms with Gasteiger partial charge in [0.25, 0.3) is 5.56 Å². The quantitative estimate of drug-likeness (QED) is 0.711. The summed E-state index contributed by atoms with van der Waals surface area (Å²) in [6.07, 6.45) is 0.619. The third-order valence-corrected chi connectivity index (χ3v) is 5.66. The number of anilines is 1. The molecule has 2 aromatic rings. The Labute approximate surface area is 152 Å². The topological polar surface area (TPSA) is 105 Å². The molecule has 0 saturated heterocycles. The van der Waals surface area contributed by atoms with Crippen LogP contribution in [0, 0.1) is 6.92 Å². The molecule has 0 radical (unpaired) electrons. The highest BCUT2D eigenvalue weighted by molar-refractivity contribution is 7.81. The van der Waals surface area contributed by atoms with Crippen LogP contribution in [-0.4, -0.2) is 32.7 Å². The van der Waals surface area contributed by atoms with Crippen molar-refractivity contribution in [2.24, 2.45) is 0 Å². The van der Waals surface area contributed by atoms with Gasteiger partial charge in [-0.3, -0.25) is 18.1 Å². The molecule has 0 fully saturated rings. The van der Waals surface area contributed by atoms with Gasteiger partial charge in [0.15, 0.2) is 0 Å². The van der Waals surface area contributed by atoms with E-state index in [0.29, 0.717) is 17.0 Å². The summed E-state index contributed by atoms with van der Waals surface area (Å²) in [4.78, 5) is 26.5. The van der Waals surface area contributed by atoms with Crippen LogP contribution < -0.4 is 15.2 Å². The van der Waals surface area contributed by atoms with E-state index in [-0.39, 0.29) is 24.6 Å². The summed E-state index contributed by atoms with van der Waals surface area (Å²) in [5, 5.41) is 3.13. The Morgan fingerprint density at radius 3 is 2.76 bits per heavy atom. The lowest BCUT2D eigenvalue weighted by Crippen LogP contribution is -2.34. The Morgan fingerprint density at radius 2 is 2.16 bits per heavy atom. The Kier molecular flexibility index (Phi) is 6.51. The van der Waals surface area contributed by atoms with E-state index in [1.165, 1.54) is 22.6 Å². The van der Waals surface area contributed by atoms with Crippen molar-refractivity contribution < 1.29 is 13.6 Å². The van der Waals surface area contributed by atoms with Gasteiger partial charge >= 0.3 is 0 Å². The third-order valence-electron chi connectivity index (χ3n) is 3.67. The van der Waals surface area contributed by atoms with Crippen LogP contribution in [-0.2, 0) is 22.5 Å². The van der Waals surface area contributed by atoms with Gasteiger partial charge in [0.2, 0.25) is 5.91 Å². The molecule has 25 heavy (non-hydrogen) atoms. The lowest BCUT2D eigenvalue weighted by Gasteiger charge is -2.24. The largest absolute Gasteiger partial charge is 0.755 e. The Morgan fingerprint density at radius 1 is 1.44 bits per heavy atom. The Hall–Kier alpha value is -1.97. The average Bonchev–Trinajstić information content (AvgIpc) is 3.00. The van der Waals surface area contributed by atoms with E-state index in [2.05, 4.69) is 10.3 Å². The summed E-state index contributed by atoms with van der Waals surface area (Å²) in [6, 6.07) is 5.40. The molecule has 2 N–H and O–H groups in total. The molecule has 0 saturated carbocycles. The second kappa shape index (κ2) is 8.41. The number of aromatic nitrogens is 1. The molecule has 0 aliphatic heterocycles. The predicted molar refractivity (Wildman–Crippen MR) is 99.4 cm³/mol. The summed E-state index contributed by atoms with van der Waals surface area (Å²) in [6.45, 7) is 5.49. The molecule has 0 spiro atoms. The maximum atomic E-state index is 11.9. The maximum Gasteiger partial charge on any atom is 0.251 e. The van der Waals surface area contributed by atoms with Gasteiger partial charge in [0.05, 0.1) is 0 Å². The Balaban J connectivity index is 2.30. The van der Waals surface area contributed by atoms with Crippen LogP contribution in [0.25, 0.3) is 10.4 Å². The molecule has 0 bridgehead atoms. The first kappa shape index (κ1) is 19.4. The minimum absolute atomic E-state index is 0.0990. The highest BCUT2D eigenvalue weighted by atomic mass is 32.2. The monoisotopic (exact) mass is 382 g/mol. The summed E-state index contributed by atoms with van der Waals surface area (Å²) in [5.74, 6) is -0.209. The molecule has 136 valence electrons. The van der Waals surface area contributed by atoms with E-state index in [4.69, 9.17) is 0 Å². The Bertz CT molecular complexity index is 844. The number of nitrogens with zero attached hydrogens (tertiary/aromatic N) is 1. The fourth-order valence-electron chi connectivity index (χ4n) is 2.38. The fraction of sp³-hybridized carbons (Fsp3) is 0.375. The lowest BCUT2D eigenvalue weighted by molar-refractivity contribution is -0.118. The van der Waals surface area contributed by atoms with Crippen LogP contribution >= 0.6 is 11.3 Å². The first-order valence-electron chi connectivity index (χ1n) is 7.77. The molecule has 0 aliphatic rings. The number of carbonyl (C=O) groups is 1. The van der Waals surface area contributed by atoms with E-state index >= 15 is 0 Å². The first-order chi connectivity index (χ1) is 11.8. The molecular formula is C16H20N3O4S2-. The van der Waals surface area contributed by atoms with Gasteiger partial charge in [-0.25, -0.2) is 0 Å². The fourth-order valence-corrected chi connectivity index (χ4v) is 4.14. The summed E-state index contributed by atoms with van der Waals surface area (Å²) in [7, 11) is 0. The smallest absolute Gasteiger partial charge is 0.251 e. The van der Waals surface area contributed by atoms with Crippen molar-refractivity contribution in [3.05, 3.63) is 39.8 Å². The number of hydrogen-bond acceptors (Lipinski definition) is 5. The third kappa shape index (κ3) is 4.77. The van der Waals surface area contributed by atoms with Crippen molar-refractivity contribution in [3.8, 4) is 10.4 Å². The number of amides is 1. The van der Waals surface area contributed by atoms with Crippen molar-refractivity contribution in [3.63, 3.8) is 0 Å². The van der Waals surface area contributed by atoms with Crippen molar-refractivity contribution in [2.75, 3.05) is 17.4 Å². The minimum Gasteiger partial charge on any atom is -0.755 e. The van der Waals surface area contributed by atoms with Gasteiger partial charge in [0, 0.05) is 53.0 Å². The van der Waals surface area contributed by atoms with E-state index < -0.39 is 11.3 Å². The number of carbonyl (C=O) groups excluding carboxylic acids is 1. The number of rotatable bonds is 7. The van der Waals surface area contributed by atoms with E-state index in [1.807, 2.05) is 26.0 Å². The van der Waals surface area contributed by atoms with Crippen LogP contribution in [0.1, 0.15) is 25.1 Å². The number of nitrogens with one attached hydrogen (secondary N) is 2. The summed E-state index contributed by atoms with van der Waals surface area (Å²) in [5.41, 5.74) is 2.21. The predicted octanol–water partition coefficient (Wildman–Crippen LogP) is 1.71. The normalized spacial score (nSPS) is 12.0. The molecule has 9 heteroatoms. The number of thiophene rings is 1. The second-order valence-electron chi connectivity index (χ2n) is 5.46.